The van der Waals surface area contributed by atoms with Gasteiger partial charge in [0.15, 0.2) is 5.82 Å². The second-order valence-electron chi connectivity index (χ2n) is 3.28. The molecule has 7 nitrogen and oxygen atoms in total. The lowest BCUT2D eigenvalue weighted by Crippen LogP contribution is -2.14. The highest BCUT2D eigenvalue weighted by Crippen LogP contribution is 2.16. The second-order valence-corrected chi connectivity index (χ2v) is 3.28. The molecule has 2 heterocycles. The van der Waals surface area contributed by atoms with Gasteiger partial charge >= 0.3 is 5.69 Å². The van der Waals surface area contributed by atoms with Crippen LogP contribution >= 0.6 is 0 Å². The molecule has 1 aromatic carbocycles. The highest BCUT2D eigenvalue weighted by molar-refractivity contribution is 5.82. The molecule has 0 saturated carbocycles. The van der Waals surface area contributed by atoms with E-state index in [4.69, 9.17) is 5.84 Å². The topological polar surface area (TPSA) is 101 Å². The van der Waals surface area contributed by atoms with E-state index in [1.807, 2.05) is 12.1 Å². The van der Waals surface area contributed by atoms with Crippen molar-refractivity contribution in [2.24, 2.45) is 5.84 Å². The summed E-state index contributed by atoms with van der Waals surface area (Å²) in [7, 11) is 0. The molecule has 0 bridgehead atoms. The third-order valence-corrected chi connectivity index (χ3v) is 2.38. The second kappa shape index (κ2) is 3.04. The number of anilines is 1. The van der Waals surface area contributed by atoms with E-state index < -0.39 is 0 Å². The minimum absolute atomic E-state index is 0.315. The third-order valence-electron chi connectivity index (χ3n) is 2.38. The first kappa shape index (κ1) is 8.86. The van der Waals surface area contributed by atoms with E-state index in [1.165, 1.54) is 4.40 Å². The van der Waals surface area contributed by atoms with Crippen molar-refractivity contribution >= 4 is 22.5 Å². The molecule has 3 aromatic rings. The largest absolute Gasteiger partial charge is 0.348 e. The Morgan fingerprint density at radius 3 is 3.00 bits per heavy atom. The van der Waals surface area contributed by atoms with Crippen LogP contribution in [0.2, 0.25) is 0 Å². The number of hydrogen-bond acceptors (Lipinski definition) is 5. The van der Waals surface area contributed by atoms with Crippen LogP contribution in [-0.2, 0) is 0 Å². The first-order valence-corrected chi connectivity index (χ1v) is 4.64. The number of hydrogen-bond donors (Lipinski definition) is 3. The van der Waals surface area contributed by atoms with Gasteiger partial charge in [0, 0.05) is 0 Å². The van der Waals surface area contributed by atoms with E-state index in [1.54, 1.807) is 12.1 Å². The summed E-state index contributed by atoms with van der Waals surface area (Å²) in [4.78, 5) is 15.9. The number of rotatable bonds is 1. The van der Waals surface area contributed by atoms with E-state index in [9.17, 15) is 4.79 Å². The molecule has 2 aromatic heterocycles. The minimum Gasteiger partial charge on any atom is -0.305 e. The lowest BCUT2D eigenvalue weighted by Gasteiger charge is -2.04. The molecule has 7 heteroatoms. The van der Waals surface area contributed by atoms with Gasteiger partial charge in [-0.3, -0.25) is 0 Å². The van der Waals surface area contributed by atoms with Crippen molar-refractivity contribution < 1.29 is 0 Å². The van der Waals surface area contributed by atoms with Crippen LogP contribution in [-0.4, -0.2) is 19.6 Å². The Labute approximate surface area is 88.9 Å². The van der Waals surface area contributed by atoms with Crippen molar-refractivity contribution in [1.82, 2.24) is 19.6 Å². The van der Waals surface area contributed by atoms with E-state index in [2.05, 4.69) is 20.6 Å². The molecular formula is C9H8N6O. The molecule has 0 aliphatic carbocycles. The molecule has 0 radical (unpaired) electrons. The maximum atomic E-state index is 11.6. The van der Waals surface area contributed by atoms with Crippen LogP contribution in [0.1, 0.15) is 0 Å². The maximum absolute atomic E-state index is 11.6. The summed E-state index contributed by atoms with van der Waals surface area (Å²) in [6.45, 7) is 0. The Bertz CT molecular complexity index is 728. The lowest BCUT2D eigenvalue weighted by atomic mass is 10.3. The van der Waals surface area contributed by atoms with Crippen molar-refractivity contribution in [3.05, 3.63) is 34.7 Å². The number of para-hydroxylation sites is 2. The average molecular weight is 216 g/mol. The number of nitrogens with zero attached hydrogens (tertiary/aromatic N) is 3. The summed E-state index contributed by atoms with van der Waals surface area (Å²) in [5.41, 5.74) is 3.85. The molecule has 0 aliphatic rings. The van der Waals surface area contributed by atoms with Crippen LogP contribution in [0.15, 0.2) is 29.1 Å². The van der Waals surface area contributed by atoms with Crippen molar-refractivity contribution in [1.29, 1.82) is 0 Å². The van der Waals surface area contributed by atoms with Gasteiger partial charge in [-0.1, -0.05) is 12.1 Å². The minimum atomic E-state index is -0.315. The number of H-pyrrole nitrogens is 1. The fourth-order valence-electron chi connectivity index (χ4n) is 1.69. The predicted octanol–water partition coefficient (Wildman–Crippen LogP) is -0.144. The number of nitrogens with one attached hydrogen (secondary N) is 2. The van der Waals surface area contributed by atoms with Crippen LogP contribution in [0.25, 0.3) is 16.7 Å². The number of hydrazine groups is 1. The molecule has 80 valence electrons. The summed E-state index contributed by atoms with van der Waals surface area (Å²) < 4.78 is 1.43. The summed E-state index contributed by atoms with van der Waals surface area (Å²) in [5, 5.41) is 6.22. The molecule has 0 spiro atoms. The molecule has 0 saturated heterocycles. The number of nitrogens with two attached hydrogens (primary N) is 1. The smallest absolute Gasteiger partial charge is 0.305 e. The average Bonchev–Trinajstić information content (AvgIpc) is 2.71. The first-order valence-electron chi connectivity index (χ1n) is 4.64. The molecule has 4 N–H and O–H groups in total. The predicted molar refractivity (Wildman–Crippen MR) is 58.9 cm³/mol. The molecule has 0 aliphatic heterocycles. The molecule has 16 heavy (non-hydrogen) atoms. The van der Waals surface area contributed by atoms with Crippen LogP contribution in [0.3, 0.4) is 0 Å². The molecule has 0 atom stereocenters. The third kappa shape index (κ3) is 1.03. The van der Waals surface area contributed by atoms with Crippen LogP contribution < -0.4 is 17.0 Å². The summed E-state index contributed by atoms with van der Waals surface area (Å²) in [6.07, 6.45) is 0. The zero-order valence-corrected chi connectivity index (χ0v) is 8.14. The molecule has 0 fully saturated rings. The van der Waals surface area contributed by atoms with E-state index in [-0.39, 0.29) is 5.69 Å². The Kier molecular flexibility index (Phi) is 1.68. The summed E-state index contributed by atoms with van der Waals surface area (Å²) >= 11 is 0. The van der Waals surface area contributed by atoms with Crippen LogP contribution in [0, 0.1) is 0 Å². The van der Waals surface area contributed by atoms with Gasteiger partial charge in [0.25, 0.3) is 0 Å². The van der Waals surface area contributed by atoms with Crippen LogP contribution in [0.5, 0.6) is 0 Å². The fraction of sp³-hybridized carbons (Fsp3) is 0. The highest BCUT2D eigenvalue weighted by atomic mass is 16.1. The SMILES string of the molecule is NNc1nc2ccccc2n2c(=O)[nH]nc12. The number of benzene rings is 1. The van der Waals surface area contributed by atoms with Gasteiger partial charge in [-0.2, -0.15) is 0 Å². The quantitative estimate of drug-likeness (QED) is 0.388. The lowest BCUT2D eigenvalue weighted by molar-refractivity contribution is 1.04. The molecule has 0 unspecified atom stereocenters. The molecule has 3 rings (SSSR count). The standard InChI is InChI=1S/C9H8N6O/c10-12-7-8-13-14-9(16)15(8)6-4-2-1-3-5(6)11-7/h1-4H,10H2,(H,11,12)(H,14,16). The zero-order valence-electron chi connectivity index (χ0n) is 8.14. The van der Waals surface area contributed by atoms with Crippen molar-refractivity contribution in [3.63, 3.8) is 0 Å². The number of aromatic nitrogens is 4. The molecular weight excluding hydrogens is 208 g/mol. The van der Waals surface area contributed by atoms with Gasteiger partial charge in [0.05, 0.1) is 11.0 Å². The number of fused-ring (bicyclic) bond motifs is 3. The van der Waals surface area contributed by atoms with Crippen molar-refractivity contribution in [2.45, 2.75) is 0 Å². The highest BCUT2D eigenvalue weighted by Gasteiger charge is 2.10. The monoisotopic (exact) mass is 216 g/mol. The Morgan fingerprint density at radius 2 is 2.19 bits per heavy atom. The van der Waals surface area contributed by atoms with Crippen molar-refractivity contribution in [2.75, 3.05) is 5.43 Å². The van der Waals surface area contributed by atoms with Gasteiger partial charge in [-0.05, 0) is 12.1 Å². The van der Waals surface area contributed by atoms with E-state index in [0.29, 0.717) is 22.5 Å². The first-order chi connectivity index (χ1) is 7.81. The Hall–Kier alpha value is -2.41. The Morgan fingerprint density at radius 1 is 1.38 bits per heavy atom. The van der Waals surface area contributed by atoms with Gasteiger partial charge in [-0.15, -0.1) is 5.10 Å². The number of aromatic amines is 1. The van der Waals surface area contributed by atoms with Crippen molar-refractivity contribution in [3.8, 4) is 0 Å². The fourth-order valence-corrected chi connectivity index (χ4v) is 1.69. The van der Waals surface area contributed by atoms with Gasteiger partial charge in [0.1, 0.15) is 0 Å². The maximum Gasteiger partial charge on any atom is 0.348 e. The Balaban J connectivity index is 2.65. The normalized spacial score (nSPS) is 11.1. The number of nitrogen functional groups attached to an aromatic ring is 1. The molecule has 0 amide bonds. The van der Waals surface area contributed by atoms with Gasteiger partial charge < -0.3 is 5.43 Å². The van der Waals surface area contributed by atoms with E-state index >= 15 is 0 Å². The van der Waals surface area contributed by atoms with E-state index in [0.717, 1.165) is 0 Å². The van der Waals surface area contributed by atoms with Gasteiger partial charge in [0.2, 0.25) is 5.65 Å². The summed E-state index contributed by atoms with van der Waals surface area (Å²) in [6, 6.07) is 7.27. The zero-order chi connectivity index (χ0) is 11.1. The van der Waals surface area contributed by atoms with Crippen LogP contribution in [0.4, 0.5) is 5.82 Å². The van der Waals surface area contributed by atoms with Gasteiger partial charge in [-0.25, -0.2) is 25.1 Å². The summed E-state index contributed by atoms with van der Waals surface area (Å²) in [5.74, 6) is 5.69.